The fourth-order valence-corrected chi connectivity index (χ4v) is 0.136. The molecule has 0 rings (SSSR count). The first-order valence-electron chi connectivity index (χ1n) is 1.73. The van der Waals surface area contributed by atoms with Gasteiger partial charge in [-0.2, -0.15) is 0 Å². The normalized spacial score (nSPS) is 6.80. The minimum absolute atomic E-state index is 0.663. The van der Waals surface area contributed by atoms with E-state index in [2.05, 4.69) is 0 Å². The molecule has 0 unspecified atom stereocenters. The smallest absolute Gasteiger partial charge is 0.0834 e. The highest BCUT2D eigenvalue weighted by Gasteiger charge is 1.74. The molecule has 0 atom stereocenters. The van der Waals surface area contributed by atoms with Gasteiger partial charge >= 0.3 is 0 Å². The van der Waals surface area contributed by atoms with Crippen LogP contribution in [-0.4, -0.2) is 20.8 Å². The molecule has 0 fully saturated rings. The van der Waals surface area contributed by atoms with Crippen molar-refractivity contribution in [1.82, 2.24) is 0 Å². The van der Waals surface area contributed by atoms with E-state index in [1.165, 1.54) is 0 Å². The molecule has 2 N–H and O–H groups in total. The monoisotopic (exact) mass is 67.1 g/mol. The lowest BCUT2D eigenvalue weighted by molar-refractivity contribution is 1.38. The van der Waals surface area contributed by atoms with Gasteiger partial charge in [-0.25, -0.2) is 0 Å². The fourth-order valence-electron chi connectivity index (χ4n) is 0.136. The zero-order valence-electron chi connectivity index (χ0n) is 3.44. The Bertz CT molecular complexity index is 15.1. The predicted octanol–water partition coefficient (Wildman–Crippen LogP) is -0.726. The van der Waals surface area contributed by atoms with Crippen molar-refractivity contribution in [1.29, 1.82) is 0 Å². The molecule has 0 saturated carbocycles. The van der Waals surface area contributed by atoms with Crippen LogP contribution in [-0.2, 0) is 0 Å². The van der Waals surface area contributed by atoms with Crippen LogP contribution in [0.15, 0.2) is 0 Å². The molecule has 3 heteroatoms. The minimum atomic E-state index is 0.663. The van der Waals surface area contributed by atoms with E-state index in [4.69, 9.17) is 5.73 Å². The summed E-state index contributed by atoms with van der Waals surface area (Å²) in [5.41, 5.74) is 5.05. The van der Waals surface area contributed by atoms with Crippen LogP contribution in [0, 0.1) is 0 Å². The Hall–Kier alpha value is 0.0899. The summed E-state index contributed by atoms with van der Waals surface area (Å²) in [6, 6.07) is 0. The molecule has 0 aromatic carbocycles. The van der Waals surface area contributed by atoms with E-state index in [9.17, 15) is 0 Å². The van der Waals surface area contributed by atoms with E-state index in [1.807, 2.05) is 21.2 Å². The quantitative estimate of drug-likeness (QED) is 0.423. The van der Waals surface area contributed by atoms with Crippen molar-refractivity contribution in [3.8, 4) is 0 Å². The molecule has 0 aliphatic rings. The second-order valence-electron chi connectivity index (χ2n) is 0.805. The molecular formula is C2H7B2N. The van der Waals surface area contributed by atoms with Gasteiger partial charge in [-0.3, -0.25) is 0 Å². The number of rotatable bonds is 2. The van der Waals surface area contributed by atoms with Gasteiger partial charge in [-0.1, -0.05) is 6.82 Å². The summed E-state index contributed by atoms with van der Waals surface area (Å²) in [4.78, 5) is 0. The van der Waals surface area contributed by atoms with Gasteiger partial charge in [0.1, 0.15) is 0 Å². The zero-order chi connectivity index (χ0) is 4.12. The Labute approximate surface area is 34.4 Å². The first kappa shape index (κ1) is 5.09. The maximum atomic E-state index is 5.05. The lowest BCUT2D eigenvalue weighted by Crippen LogP contribution is -2.12. The van der Waals surface area contributed by atoms with Crippen LogP contribution in [0.5, 0.6) is 0 Å². The van der Waals surface area contributed by atoms with Gasteiger partial charge in [-0.15, -0.1) is 0 Å². The molecule has 0 aromatic rings. The van der Waals surface area contributed by atoms with Crippen LogP contribution in [0.1, 0.15) is 0 Å². The third-order valence-electron chi connectivity index (χ3n) is 0.372. The van der Waals surface area contributed by atoms with Crippen molar-refractivity contribution in [3.05, 3.63) is 0 Å². The van der Waals surface area contributed by atoms with Gasteiger partial charge in [0.15, 0.2) is 0 Å². The van der Waals surface area contributed by atoms with Crippen LogP contribution in [0.25, 0.3) is 0 Å². The Morgan fingerprint density at radius 1 is 1.80 bits per heavy atom. The predicted molar refractivity (Wildman–Crippen MR) is 26.4 cm³/mol. The van der Waals surface area contributed by atoms with Crippen molar-refractivity contribution in [2.75, 3.05) is 6.44 Å². The molecule has 1 nitrogen and oxygen atoms in total. The summed E-state index contributed by atoms with van der Waals surface area (Å²) in [6.45, 7) is 1.95. The molecule has 0 aliphatic heterocycles. The van der Waals surface area contributed by atoms with Crippen LogP contribution in [0.4, 0.5) is 0 Å². The standard InChI is InChI=1S/C2H7B2N/c1-3-4-2-5/h2,5H2,1H3. The molecule has 0 bridgehead atoms. The van der Waals surface area contributed by atoms with E-state index in [1.54, 1.807) is 0 Å². The van der Waals surface area contributed by atoms with Crippen LogP contribution in [0.3, 0.4) is 0 Å². The van der Waals surface area contributed by atoms with Gasteiger partial charge in [0.25, 0.3) is 0 Å². The second-order valence-corrected chi connectivity index (χ2v) is 0.805. The third kappa shape index (κ3) is 4.09. The molecule has 0 amide bonds. The lowest BCUT2D eigenvalue weighted by Gasteiger charge is -1.75. The second kappa shape index (κ2) is 4.09. The van der Waals surface area contributed by atoms with E-state index in [0.29, 0.717) is 6.44 Å². The molecule has 0 spiro atoms. The summed E-state index contributed by atoms with van der Waals surface area (Å²) in [5, 5.41) is 0. The molecule has 26 valence electrons. The van der Waals surface area contributed by atoms with Gasteiger partial charge in [0, 0.05) is 0 Å². The summed E-state index contributed by atoms with van der Waals surface area (Å²) >= 11 is 0. The summed E-state index contributed by atoms with van der Waals surface area (Å²) < 4.78 is 0. The summed E-state index contributed by atoms with van der Waals surface area (Å²) in [5.74, 6) is 0. The van der Waals surface area contributed by atoms with Crippen molar-refractivity contribution in [2.24, 2.45) is 5.73 Å². The Balaban J connectivity index is 2.19. The maximum absolute atomic E-state index is 5.05. The van der Waals surface area contributed by atoms with E-state index < -0.39 is 0 Å². The van der Waals surface area contributed by atoms with Gasteiger partial charge in [-0.05, 0) is 6.44 Å². The summed E-state index contributed by atoms with van der Waals surface area (Å²) in [6.07, 6.45) is 0.663. The van der Waals surface area contributed by atoms with Gasteiger partial charge in [0.2, 0.25) is 0 Å². The molecule has 2 radical (unpaired) electrons. The highest BCUT2D eigenvalue weighted by molar-refractivity contribution is 6.99. The number of hydrogen-bond acceptors (Lipinski definition) is 1. The highest BCUT2D eigenvalue weighted by Crippen LogP contribution is 1.44. The topological polar surface area (TPSA) is 26.0 Å². The first-order chi connectivity index (χ1) is 2.41. The maximum Gasteiger partial charge on any atom is 0.0834 e. The van der Waals surface area contributed by atoms with Crippen LogP contribution < -0.4 is 5.73 Å². The van der Waals surface area contributed by atoms with E-state index >= 15 is 0 Å². The fraction of sp³-hybridized carbons (Fsp3) is 1.00. The summed E-state index contributed by atoms with van der Waals surface area (Å²) in [7, 11) is 3.83. The third-order valence-corrected chi connectivity index (χ3v) is 0.372. The average molecular weight is 66.7 g/mol. The molecule has 5 heavy (non-hydrogen) atoms. The van der Waals surface area contributed by atoms with Crippen molar-refractivity contribution >= 4 is 14.3 Å². The van der Waals surface area contributed by atoms with Gasteiger partial charge in [0.05, 0.1) is 14.3 Å². The first-order valence-corrected chi connectivity index (χ1v) is 1.73. The van der Waals surface area contributed by atoms with Gasteiger partial charge < -0.3 is 5.73 Å². The Morgan fingerprint density at radius 3 is 2.40 bits per heavy atom. The lowest BCUT2D eigenvalue weighted by atomic mass is 9.41. The molecule has 0 heterocycles. The van der Waals surface area contributed by atoms with E-state index in [0.717, 1.165) is 0 Å². The zero-order valence-corrected chi connectivity index (χ0v) is 3.44. The number of nitrogens with two attached hydrogens (primary N) is 1. The molecule has 0 saturated heterocycles. The van der Waals surface area contributed by atoms with Crippen molar-refractivity contribution in [2.45, 2.75) is 6.82 Å². The SMILES string of the molecule is C[B][B]CN. The average Bonchev–Trinajstić information content (AvgIpc) is 1.41. The molecular weight excluding hydrogens is 59.7 g/mol. The van der Waals surface area contributed by atoms with Crippen molar-refractivity contribution in [3.63, 3.8) is 0 Å². The molecule has 0 aliphatic carbocycles. The minimum Gasteiger partial charge on any atom is -0.339 e. The largest absolute Gasteiger partial charge is 0.339 e. The highest BCUT2D eigenvalue weighted by atomic mass is 14.5. The Morgan fingerprint density at radius 2 is 2.40 bits per heavy atom. The van der Waals surface area contributed by atoms with E-state index in [-0.39, 0.29) is 0 Å². The molecule has 0 aromatic heterocycles. The number of hydrogen-bond donors (Lipinski definition) is 1. The van der Waals surface area contributed by atoms with Crippen molar-refractivity contribution < 1.29 is 0 Å². The Kier molecular flexibility index (Phi) is 4.16. The van der Waals surface area contributed by atoms with Crippen LogP contribution >= 0.6 is 0 Å². The van der Waals surface area contributed by atoms with Crippen LogP contribution in [0.2, 0.25) is 6.82 Å².